The Morgan fingerprint density at radius 3 is 1.51 bits per heavy atom. The summed E-state index contributed by atoms with van der Waals surface area (Å²) in [6.07, 6.45) is 0. The second-order valence-electron chi connectivity index (χ2n) is 10.0. The number of ether oxygens (including phenoxy) is 2. The van der Waals surface area contributed by atoms with E-state index in [-0.39, 0.29) is 11.1 Å². The molecule has 0 N–H and O–H groups in total. The molecule has 0 bridgehead atoms. The highest BCUT2D eigenvalue weighted by molar-refractivity contribution is 8.30. The van der Waals surface area contributed by atoms with Crippen molar-refractivity contribution < 1.29 is 23.2 Å². The maximum absolute atomic E-state index is 13.7. The van der Waals surface area contributed by atoms with E-state index in [9.17, 15) is 9.59 Å². The number of esters is 2. The molecule has 35 heavy (non-hydrogen) atoms. The van der Waals surface area contributed by atoms with Gasteiger partial charge in [-0.15, -0.1) is 0 Å². The van der Waals surface area contributed by atoms with E-state index >= 15 is 0 Å². The molecule has 3 rings (SSSR count). The van der Waals surface area contributed by atoms with Crippen molar-refractivity contribution in [2.45, 2.75) is 67.4 Å². The van der Waals surface area contributed by atoms with Gasteiger partial charge in [-0.3, -0.25) is 0 Å². The van der Waals surface area contributed by atoms with E-state index in [2.05, 4.69) is 0 Å². The Balaban J connectivity index is 2.40. The first-order valence-corrected chi connectivity index (χ1v) is 13.0. The number of benzene rings is 3. The normalized spacial score (nSPS) is 12.7. The van der Waals surface area contributed by atoms with Crippen LogP contribution in [-0.4, -0.2) is 30.3 Å². The molecule has 0 aliphatic carbocycles. The van der Waals surface area contributed by atoms with Crippen LogP contribution in [0.4, 0.5) is 0 Å². The molecular weight excluding hydrogens is 460 g/mol. The lowest BCUT2D eigenvalue weighted by molar-refractivity contribution is 0.00152. The molecule has 3 aromatic rings. The third-order valence-corrected chi connectivity index (χ3v) is 8.29. The predicted molar refractivity (Wildman–Crippen MR) is 139 cm³/mol. The van der Waals surface area contributed by atoms with Gasteiger partial charge in [0.1, 0.15) is 11.2 Å². The van der Waals surface area contributed by atoms with Gasteiger partial charge in [-0.25, -0.2) is 9.59 Å². The van der Waals surface area contributed by atoms with Crippen molar-refractivity contribution in [3.05, 3.63) is 90.0 Å². The molecule has 186 valence electrons. The quantitative estimate of drug-likeness (QED) is 0.333. The Bertz CT molecular complexity index is 1140. The molecular formula is C29H34O5S. The van der Waals surface area contributed by atoms with Gasteiger partial charge in [0.25, 0.3) is 0 Å². The van der Waals surface area contributed by atoms with Crippen molar-refractivity contribution in [1.29, 1.82) is 0 Å². The highest BCUT2D eigenvalue weighted by Gasteiger charge is 2.38. The maximum atomic E-state index is 13.7. The fourth-order valence-electron chi connectivity index (χ4n) is 3.71. The van der Waals surface area contributed by atoms with Gasteiger partial charge in [-0.2, -0.15) is 0 Å². The average molecular weight is 495 g/mol. The average Bonchev–Trinajstić information content (AvgIpc) is 2.79. The molecule has 0 aromatic heterocycles. The van der Waals surface area contributed by atoms with Crippen molar-refractivity contribution >= 4 is 22.2 Å². The zero-order valence-electron chi connectivity index (χ0n) is 21.5. The molecule has 0 radical (unpaired) electrons. The van der Waals surface area contributed by atoms with Gasteiger partial charge in [0.2, 0.25) is 0 Å². The molecule has 0 atom stereocenters. The van der Waals surface area contributed by atoms with E-state index in [0.717, 1.165) is 9.79 Å². The first kappa shape index (κ1) is 26.5. The minimum Gasteiger partial charge on any atom is -0.456 e. The zero-order chi connectivity index (χ0) is 25.9. The molecule has 5 nitrogen and oxygen atoms in total. The molecule has 0 amide bonds. The second-order valence-corrected chi connectivity index (χ2v) is 12.9. The van der Waals surface area contributed by atoms with Gasteiger partial charge < -0.3 is 13.7 Å². The highest BCUT2D eigenvalue weighted by Crippen LogP contribution is 2.69. The number of hydrogen-bond donors (Lipinski definition) is 0. The Morgan fingerprint density at radius 2 is 1.09 bits per heavy atom. The molecule has 0 saturated carbocycles. The van der Waals surface area contributed by atoms with E-state index in [1.54, 1.807) is 60.8 Å². The van der Waals surface area contributed by atoms with Crippen LogP contribution in [0.3, 0.4) is 0 Å². The Hall–Kier alpha value is -3.09. The van der Waals surface area contributed by atoms with E-state index in [0.29, 0.717) is 4.90 Å². The van der Waals surface area contributed by atoms with Gasteiger partial charge in [0.15, 0.2) is 0 Å². The van der Waals surface area contributed by atoms with Crippen molar-refractivity contribution in [1.82, 2.24) is 0 Å². The van der Waals surface area contributed by atoms with Crippen LogP contribution in [0, 0.1) is 0 Å². The summed E-state index contributed by atoms with van der Waals surface area (Å²) in [5, 5.41) is 0. The number of carbonyl (C=O) groups is 2. The summed E-state index contributed by atoms with van der Waals surface area (Å²) in [5.74, 6) is -1.19. The van der Waals surface area contributed by atoms with Crippen LogP contribution in [0.1, 0.15) is 62.3 Å². The molecule has 0 unspecified atom stereocenters. The molecule has 0 heterocycles. The maximum Gasteiger partial charge on any atom is 0.340 e. The van der Waals surface area contributed by atoms with Crippen molar-refractivity contribution in [3.63, 3.8) is 0 Å². The Labute approximate surface area is 209 Å². The van der Waals surface area contributed by atoms with Crippen LogP contribution in [-0.2, 0) is 13.7 Å². The smallest absolute Gasteiger partial charge is 0.340 e. The van der Waals surface area contributed by atoms with Crippen LogP contribution in [0.2, 0.25) is 0 Å². The SMILES string of the molecule is COS(c1ccccc1)(c1ccccc1)c1cccc(C(=O)OC(C)(C)C)c1C(=O)OC(C)(C)C. The summed E-state index contributed by atoms with van der Waals surface area (Å²) < 4.78 is 17.9. The minimum atomic E-state index is -2.41. The van der Waals surface area contributed by atoms with Crippen LogP contribution in [0.15, 0.2) is 93.5 Å². The Morgan fingerprint density at radius 1 is 0.629 bits per heavy atom. The predicted octanol–water partition coefficient (Wildman–Crippen LogP) is 7.44. The van der Waals surface area contributed by atoms with Crippen molar-refractivity contribution in [2.75, 3.05) is 7.11 Å². The molecule has 0 aliphatic heterocycles. The lowest BCUT2D eigenvalue weighted by Crippen LogP contribution is -2.29. The number of hydrogen-bond acceptors (Lipinski definition) is 5. The van der Waals surface area contributed by atoms with Crippen LogP contribution in [0.5, 0.6) is 0 Å². The lowest BCUT2D eigenvalue weighted by atomic mass is 10.1. The summed E-state index contributed by atoms with van der Waals surface area (Å²) in [6, 6.07) is 24.7. The summed E-state index contributed by atoms with van der Waals surface area (Å²) in [7, 11) is -0.777. The standard InChI is InChI=1S/C29H34O5S/c1-28(2,3)33-26(30)23-19-14-20-24(25(23)27(31)34-29(4,5)6)35(32-7,21-15-10-8-11-16-21)22-17-12-9-13-18-22/h8-20H,1-7H3. The van der Waals surface area contributed by atoms with Crippen LogP contribution in [0.25, 0.3) is 0 Å². The molecule has 0 aliphatic rings. The van der Waals surface area contributed by atoms with E-state index in [1.165, 1.54) is 0 Å². The highest BCUT2D eigenvalue weighted by atomic mass is 32.3. The van der Waals surface area contributed by atoms with Gasteiger partial charge in [-0.05, 0) is 77.9 Å². The van der Waals surface area contributed by atoms with Gasteiger partial charge in [0, 0.05) is 21.8 Å². The second kappa shape index (κ2) is 10.3. The van der Waals surface area contributed by atoms with Crippen LogP contribution < -0.4 is 0 Å². The van der Waals surface area contributed by atoms with Crippen molar-refractivity contribution in [3.8, 4) is 0 Å². The molecule has 0 saturated heterocycles. The lowest BCUT2D eigenvalue weighted by Gasteiger charge is -2.40. The fraction of sp³-hybridized carbons (Fsp3) is 0.310. The largest absolute Gasteiger partial charge is 0.456 e. The summed E-state index contributed by atoms with van der Waals surface area (Å²) in [6.45, 7) is 10.8. The number of carbonyl (C=O) groups excluding carboxylic acids is 2. The van der Waals surface area contributed by atoms with Gasteiger partial charge in [-0.1, -0.05) is 52.8 Å². The third-order valence-electron chi connectivity index (χ3n) is 4.96. The molecule has 3 aromatic carbocycles. The summed E-state index contributed by atoms with van der Waals surface area (Å²) >= 11 is 0. The fourth-order valence-corrected chi connectivity index (χ4v) is 6.89. The van der Waals surface area contributed by atoms with Crippen molar-refractivity contribution in [2.24, 2.45) is 0 Å². The zero-order valence-corrected chi connectivity index (χ0v) is 22.3. The molecule has 0 spiro atoms. The van der Waals surface area contributed by atoms with E-state index in [1.807, 2.05) is 66.7 Å². The number of rotatable bonds is 6. The van der Waals surface area contributed by atoms with E-state index < -0.39 is 33.4 Å². The molecule has 0 fully saturated rings. The first-order chi connectivity index (χ1) is 16.4. The minimum absolute atomic E-state index is 0.146. The van der Waals surface area contributed by atoms with E-state index in [4.69, 9.17) is 13.7 Å². The molecule has 6 heteroatoms. The van der Waals surface area contributed by atoms with Gasteiger partial charge >= 0.3 is 11.9 Å². The third kappa shape index (κ3) is 5.95. The topological polar surface area (TPSA) is 61.8 Å². The Kier molecular flexibility index (Phi) is 7.77. The van der Waals surface area contributed by atoms with Gasteiger partial charge in [0.05, 0.1) is 11.1 Å². The monoisotopic (exact) mass is 494 g/mol. The van der Waals surface area contributed by atoms with Crippen LogP contribution >= 0.6 is 10.3 Å². The summed E-state index contributed by atoms with van der Waals surface area (Å²) in [4.78, 5) is 29.4. The summed E-state index contributed by atoms with van der Waals surface area (Å²) in [5.41, 5.74) is -1.20. The first-order valence-electron chi connectivity index (χ1n) is 11.5.